The maximum atomic E-state index is 12.4. The molecule has 23 heavy (non-hydrogen) atoms. The van der Waals surface area contributed by atoms with E-state index in [4.69, 9.17) is 11.6 Å². The number of nitrogens with one attached hydrogen (secondary N) is 1. The number of amides is 3. The molecule has 0 aromatic heterocycles. The minimum Gasteiger partial charge on any atom is -0.355 e. The molecule has 0 saturated carbocycles. The average Bonchev–Trinajstić information content (AvgIpc) is 3.01. The van der Waals surface area contributed by atoms with Gasteiger partial charge in [0.25, 0.3) is 5.91 Å². The van der Waals surface area contributed by atoms with E-state index in [1.165, 1.54) is 0 Å². The lowest BCUT2D eigenvalue weighted by Gasteiger charge is -2.35. The third kappa shape index (κ3) is 3.47. The molecule has 2 saturated heterocycles. The maximum absolute atomic E-state index is 12.4. The number of halogens is 1. The van der Waals surface area contributed by atoms with E-state index in [-0.39, 0.29) is 30.1 Å². The van der Waals surface area contributed by atoms with Gasteiger partial charge in [0.2, 0.25) is 11.8 Å². The van der Waals surface area contributed by atoms with E-state index in [2.05, 4.69) is 5.32 Å². The summed E-state index contributed by atoms with van der Waals surface area (Å²) in [7, 11) is 0. The van der Waals surface area contributed by atoms with Gasteiger partial charge < -0.3 is 15.1 Å². The van der Waals surface area contributed by atoms with Gasteiger partial charge in [-0.1, -0.05) is 11.6 Å². The Labute approximate surface area is 139 Å². The van der Waals surface area contributed by atoms with Crippen LogP contribution in [-0.4, -0.2) is 60.2 Å². The summed E-state index contributed by atoms with van der Waals surface area (Å²) < 4.78 is 0. The molecule has 1 atom stereocenters. The van der Waals surface area contributed by atoms with Gasteiger partial charge >= 0.3 is 0 Å². The molecule has 1 aromatic carbocycles. The maximum Gasteiger partial charge on any atom is 0.253 e. The lowest BCUT2D eigenvalue weighted by molar-refractivity contribution is -0.137. The minimum absolute atomic E-state index is 0.00180. The molecule has 3 amide bonds. The van der Waals surface area contributed by atoms with Gasteiger partial charge in [-0.05, 0) is 24.3 Å². The molecule has 7 heteroatoms. The number of benzene rings is 1. The highest BCUT2D eigenvalue weighted by Gasteiger charge is 2.33. The van der Waals surface area contributed by atoms with Crippen molar-refractivity contribution in [3.05, 3.63) is 34.9 Å². The Morgan fingerprint density at radius 3 is 2.22 bits per heavy atom. The third-order valence-corrected chi connectivity index (χ3v) is 4.55. The van der Waals surface area contributed by atoms with Crippen molar-refractivity contribution >= 4 is 29.3 Å². The smallest absolute Gasteiger partial charge is 0.253 e. The van der Waals surface area contributed by atoms with E-state index in [1.807, 2.05) is 0 Å². The van der Waals surface area contributed by atoms with Crippen LogP contribution in [0.4, 0.5) is 0 Å². The quantitative estimate of drug-likeness (QED) is 0.867. The van der Waals surface area contributed by atoms with Crippen molar-refractivity contribution in [3.63, 3.8) is 0 Å². The highest BCUT2D eigenvalue weighted by atomic mass is 35.5. The van der Waals surface area contributed by atoms with Crippen molar-refractivity contribution in [3.8, 4) is 0 Å². The Hall–Kier alpha value is -2.08. The predicted molar refractivity (Wildman–Crippen MR) is 85.1 cm³/mol. The Kier molecular flexibility index (Phi) is 4.52. The monoisotopic (exact) mass is 335 g/mol. The predicted octanol–water partition coefficient (Wildman–Crippen LogP) is 0.760. The van der Waals surface area contributed by atoms with Crippen LogP contribution in [0, 0.1) is 5.92 Å². The number of hydrogen-bond donors (Lipinski definition) is 1. The second kappa shape index (κ2) is 6.58. The second-order valence-electron chi connectivity index (χ2n) is 5.83. The molecule has 1 aromatic rings. The molecule has 2 aliphatic rings. The van der Waals surface area contributed by atoms with Gasteiger partial charge in [0.05, 0.1) is 5.92 Å². The summed E-state index contributed by atoms with van der Waals surface area (Å²) in [5, 5.41) is 3.28. The zero-order valence-corrected chi connectivity index (χ0v) is 13.4. The van der Waals surface area contributed by atoms with Crippen molar-refractivity contribution in [1.82, 2.24) is 15.1 Å². The van der Waals surface area contributed by atoms with Gasteiger partial charge in [0.15, 0.2) is 0 Å². The highest BCUT2D eigenvalue weighted by molar-refractivity contribution is 6.30. The topological polar surface area (TPSA) is 69.7 Å². The van der Waals surface area contributed by atoms with Crippen LogP contribution in [0.5, 0.6) is 0 Å². The summed E-state index contributed by atoms with van der Waals surface area (Å²) in [5.74, 6) is -0.380. The highest BCUT2D eigenvalue weighted by Crippen LogP contribution is 2.16. The lowest BCUT2D eigenvalue weighted by atomic mass is 10.1. The van der Waals surface area contributed by atoms with E-state index >= 15 is 0 Å². The second-order valence-corrected chi connectivity index (χ2v) is 6.27. The Bertz CT molecular complexity index is 624. The van der Waals surface area contributed by atoms with Gasteiger partial charge in [-0.15, -0.1) is 0 Å². The van der Waals surface area contributed by atoms with Gasteiger partial charge in [0.1, 0.15) is 0 Å². The molecule has 6 nitrogen and oxygen atoms in total. The van der Waals surface area contributed by atoms with E-state index in [0.717, 1.165) is 0 Å². The molecule has 1 N–H and O–H groups in total. The number of rotatable bonds is 2. The fourth-order valence-electron chi connectivity index (χ4n) is 2.94. The summed E-state index contributed by atoms with van der Waals surface area (Å²) in [5.41, 5.74) is 0.597. The fraction of sp³-hybridized carbons (Fsp3) is 0.438. The fourth-order valence-corrected chi connectivity index (χ4v) is 3.07. The van der Waals surface area contributed by atoms with E-state index in [0.29, 0.717) is 43.3 Å². The summed E-state index contributed by atoms with van der Waals surface area (Å²) >= 11 is 5.83. The first-order valence-corrected chi connectivity index (χ1v) is 8.03. The van der Waals surface area contributed by atoms with Gasteiger partial charge in [-0.3, -0.25) is 14.4 Å². The molecule has 0 aliphatic carbocycles. The molecular formula is C16H18ClN3O3. The Balaban J connectivity index is 1.55. The van der Waals surface area contributed by atoms with Gasteiger partial charge in [-0.2, -0.15) is 0 Å². The Morgan fingerprint density at radius 1 is 1.04 bits per heavy atom. The van der Waals surface area contributed by atoms with Crippen LogP contribution in [0.25, 0.3) is 0 Å². The summed E-state index contributed by atoms with van der Waals surface area (Å²) in [6.45, 7) is 2.43. The number of piperazine rings is 1. The molecular weight excluding hydrogens is 318 g/mol. The first kappa shape index (κ1) is 15.8. The number of hydrogen-bond acceptors (Lipinski definition) is 3. The van der Waals surface area contributed by atoms with Crippen LogP contribution >= 0.6 is 11.6 Å². The number of nitrogens with zero attached hydrogens (tertiary/aromatic N) is 2. The zero-order valence-electron chi connectivity index (χ0n) is 12.6. The van der Waals surface area contributed by atoms with Crippen LogP contribution in [0.2, 0.25) is 5.02 Å². The van der Waals surface area contributed by atoms with E-state index in [1.54, 1.807) is 34.1 Å². The molecule has 0 radical (unpaired) electrons. The molecule has 3 rings (SSSR count). The van der Waals surface area contributed by atoms with Crippen molar-refractivity contribution in [2.24, 2.45) is 5.92 Å². The lowest BCUT2D eigenvalue weighted by Crippen LogP contribution is -2.52. The zero-order chi connectivity index (χ0) is 16.4. The number of carbonyl (C=O) groups is 3. The summed E-state index contributed by atoms with van der Waals surface area (Å²) in [4.78, 5) is 39.5. The van der Waals surface area contributed by atoms with Crippen LogP contribution in [-0.2, 0) is 9.59 Å². The molecule has 2 fully saturated rings. The molecule has 2 aliphatic heterocycles. The molecule has 122 valence electrons. The van der Waals surface area contributed by atoms with Crippen LogP contribution < -0.4 is 5.32 Å². The van der Waals surface area contributed by atoms with Crippen LogP contribution in [0.3, 0.4) is 0 Å². The van der Waals surface area contributed by atoms with Crippen molar-refractivity contribution in [2.75, 3.05) is 32.7 Å². The first-order chi connectivity index (χ1) is 11.0. The number of carbonyl (C=O) groups excluding carboxylic acids is 3. The summed E-state index contributed by atoms with van der Waals surface area (Å²) in [6, 6.07) is 6.80. The largest absolute Gasteiger partial charge is 0.355 e. The van der Waals surface area contributed by atoms with Crippen molar-refractivity contribution in [1.29, 1.82) is 0 Å². The first-order valence-electron chi connectivity index (χ1n) is 7.65. The van der Waals surface area contributed by atoms with E-state index < -0.39 is 0 Å². The normalized spacial score (nSPS) is 21.3. The average molecular weight is 336 g/mol. The van der Waals surface area contributed by atoms with E-state index in [9.17, 15) is 14.4 Å². The molecule has 0 bridgehead atoms. The minimum atomic E-state index is -0.263. The van der Waals surface area contributed by atoms with Gasteiger partial charge in [0, 0.05) is 49.7 Å². The molecule has 2 heterocycles. The molecule has 0 spiro atoms. The third-order valence-electron chi connectivity index (χ3n) is 4.30. The van der Waals surface area contributed by atoms with Crippen molar-refractivity contribution < 1.29 is 14.4 Å². The van der Waals surface area contributed by atoms with Crippen LogP contribution in [0.1, 0.15) is 16.8 Å². The van der Waals surface area contributed by atoms with Crippen molar-refractivity contribution in [2.45, 2.75) is 6.42 Å². The summed E-state index contributed by atoms with van der Waals surface area (Å²) in [6.07, 6.45) is 0.267. The SMILES string of the molecule is O=C1CC(C(=O)N2CCN(C(=O)c3ccc(Cl)cc3)CC2)CN1. The van der Waals surface area contributed by atoms with Gasteiger partial charge in [-0.25, -0.2) is 0 Å². The standard InChI is InChI=1S/C16H18ClN3O3/c17-13-3-1-11(2-4-13)15(22)19-5-7-20(8-6-19)16(23)12-9-14(21)18-10-12/h1-4,12H,5-10H2,(H,18,21). The Morgan fingerprint density at radius 2 is 1.65 bits per heavy atom. The van der Waals surface area contributed by atoms with Crippen LogP contribution in [0.15, 0.2) is 24.3 Å². The molecule has 1 unspecified atom stereocenters.